The molecule has 2 aromatic heterocycles. The fraction of sp³-hybridized carbons (Fsp3) is 0.679. The molecule has 220 valence electrons. The lowest BCUT2D eigenvalue weighted by molar-refractivity contribution is -0.155. The van der Waals surface area contributed by atoms with Crippen molar-refractivity contribution in [2.45, 2.75) is 102 Å². The minimum atomic E-state index is -4.78. The smallest absolute Gasteiger partial charge is 0.437 e. The minimum Gasteiger partial charge on any atom is -0.488 e. The molecule has 2 aliphatic carbocycles. The van der Waals surface area contributed by atoms with Gasteiger partial charge in [0, 0.05) is 33.0 Å². The predicted octanol–water partition coefficient (Wildman–Crippen LogP) is 5.12. The van der Waals surface area contributed by atoms with Crippen LogP contribution in [0.3, 0.4) is 0 Å². The first-order chi connectivity index (χ1) is 18.9. The predicted molar refractivity (Wildman–Crippen MR) is 140 cm³/mol. The fourth-order valence-electron chi connectivity index (χ4n) is 5.60. The number of pyridine rings is 1. The molecule has 0 aromatic carbocycles. The van der Waals surface area contributed by atoms with Crippen molar-refractivity contribution in [2.24, 2.45) is 13.0 Å². The number of esters is 1. The highest BCUT2D eigenvalue weighted by Gasteiger charge is 2.39. The number of alkyl halides is 3. The number of nitrogens with zero attached hydrogens (tertiary/aromatic N) is 5. The maximum atomic E-state index is 14.1. The Morgan fingerprint density at radius 3 is 2.52 bits per heavy atom. The Balaban J connectivity index is 1.51. The number of rotatable bonds is 9. The van der Waals surface area contributed by atoms with Crippen LogP contribution in [0.4, 0.5) is 13.2 Å². The van der Waals surface area contributed by atoms with Crippen LogP contribution in [-0.4, -0.2) is 62.1 Å². The zero-order chi connectivity index (χ0) is 29.0. The van der Waals surface area contributed by atoms with Crippen LogP contribution < -0.4 is 4.74 Å². The van der Waals surface area contributed by atoms with Gasteiger partial charge in [0.15, 0.2) is 11.4 Å². The van der Waals surface area contributed by atoms with Crippen LogP contribution in [0.1, 0.15) is 83.0 Å². The molecule has 12 heteroatoms. The van der Waals surface area contributed by atoms with Gasteiger partial charge in [0.25, 0.3) is 0 Å². The second-order valence-corrected chi connectivity index (χ2v) is 11.1. The summed E-state index contributed by atoms with van der Waals surface area (Å²) in [6.45, 7) is 3.51. The number of carbonyl (C=O) groups is 2. The Morgan fingerprint density at radius 2 is 1.85 bits per heavy atom. The number of hydrogen-bond acceptors (Lipinski definition) is 7. The van der Waals surface area contributed by atoms with E-state index in [0.29, 0.717) is 25.0 Å². The summed E-state index contributed by atoms with van der Waals surface area (Å²) in [6, 6.07) is 2.91. The summed E-state index contributed by atoms with van der Waals surface area (Å²) >= 11 is 0. The first kappa shape index (κ1) is 29.8. The first-order valence-corrected chi connectivity index (χ1v) is 14.0. The highest BCUT2D eigenvalue weighted by atomic mass is 19.4. The van der Waals surface area contributed by atoms with E-state index in [2.05, 4.69) is 15.3 Å². The summed E-state index contributed by atoms with van der Waals surface area (Å²) < 4.78 is 55.0. The van der Waals surface area contributed by atoms with Crippen LogP contribution in [0.25, 0.3) is 11.4 Å². The maximum Gasteiger partial charge on any atom is 0.437 e. The topological polar surface area (TPSA) is 99.4 Å². The summed E-state index contributed by atoms with van der Waals surface area (Å²) in [5.74, 6) is -1.18. The van der Waals surface area contributed by atoms with Gasteiger partial charge in [-0.3, -0.25) is 14.3 Å². The van der Waals surface area contributed by atoms with Gasteiger partial charge < -0.3 is 14.4 Å². The number of aromatic nitrogens is 4. The normalized spacial score (nSPS) is 20.1. The van der Waals surface area contributed by atoms with Gasteiger partial charge in [-0.2, -0.15) is 13.2 Å². The number of amides is 1. The second kappa shape index (κ2) is 12.6. The number of ether oxygens (including phenoxy) is 2. The zero-order valence-corrected chi connectivity index (χ0v) is 23.5. The van der Waals surface area contributed by atoms with Crippen LogP contribution in [-0.2, 0) is 34.0 Å². The van der Waals surface area contributed by atoms with Gasteiger partial charge in [0.2, 0.25) is 5.91 Å². The van der Waals surface area contributed by atoms with Crippen molar-refractivity contribution in [1.29, 1.82) is 0 Å². The van der Waals surface area contributed by atoms with Crippen LogP contribution in [0.5, 0.6) is 5.75 Å². The van der Waals surface area contributed by atoms with Crippen LogP contribution in [0.2, 0.25) is 0 Å². The minimum absolute atomic E-state index is 0.00130. The van der Waals surface area contributed by atoms with E-state index in [1.165, 1.54) is 16.8 Å². The Morgan fingerprint density at radius 1 is 1.12 bits per heavy atom. The zero-order valence-electron chi connectivity index (χ0n) is 23.5. The maximum absolute atomic E-state index is 14.1. The molecule has 40 heavy (non-hydrogen) atoms. The Hall–Kier alpha value is -3.18. The molecule has 9 nitrogen and oxygen atoms in total. The summed E-state index contributed by atoms with van der Waals surface area (Å²) in [4.78, 5) is 30.8. The molecule has 2 saturated carbocycles. The number of aryl methyl sites for hydroxylation is 1. The summed E-state index contributed by atoms with van der Waals surface area (Å²) in [7, 11) is 3.45. The molecule has 4 rings (SSSR count). The third-order valence-electron chi connectivity index (χ3n) is 7.76. The average Bonchev–Trinajstić information content (AvgIpc) is 3.56. The molecule has 1 amide bonds. The lowest BCUT2D eigenvalue weighted by atomic mass is 9.87. The summed E-state index contributed by atoms with van der Waals surface area (Å²) in [5.41, 5.74) is -0.432. The van der Waals surface area contributed by atoms with Crippen molar-refractivity contribution in [3.63, 3.8) is 0 Å². The van der Waals surface area contributed by atoms with Crippen molar-refractivity contribution in [3.05, 3.63) is 23.5 Å². The van der Waals surface area contributed by atoms with Crippen LogP contribution in [0.15, 0.2) is 12.1 Å². The van der Waals surface area contributed by atoms with Crippen molar-refractivity contribution in [1.82, 2.24) is 24.9 Å². The molecule has 2 atom stereocenters. The van der Waals surface area contributed by atoms with Crippen molar-refractivity contribution in [3.8, 4) is 17.1 Å². The van der Waals surface area contributed by atoms with Crippen LogP contribution in [0, 0.1) is 5.92 Å². The van der Waals surface area contributed by atoms with Crippen molar-refractivity contribution in [2.75, 3.05) is 7.05 Å². The molecular formula is C28H38F3N5O4. The standard InChI is InChI=1S/C28H38F3N5O4/c1-17(2)39-27(38)18-8-7-11-20(16-18)40-23-14-12-21(32-26(23)28(29,30)31)25-22(36(4)34-33-25)13-15-24(37)35(3)19-9-5-6-10-19/h12,14,17-20H,5-11,13,15-16H2,1-4H3/t18-,20-/m0/s1. The molecule has 0 spiro atoms. The van der Waals surface area contributed by atoms with Gasteiger partial charge >= 0.3 is 12.1 Å². The van der Waals surface area contributed by atoms with E-state index in [0.717, 1.165) is 25.7 Å². The number of halogens is 3. The molecule has 2 fully saturated rings. The number of carbonyl (C=O) groups excluding carboxylic acids is 2. The van der Waals surface area contributed by atoms with E-state index < -0.39 is 29.6 Å². The Labute approximate surface area is 232 Å². The molecule has 2 heterocycles. The second-order valence-electron chi connectivity index (χ2n) is 11.1. The lowest BCUT2D eigenvalue weighted by Gasteiger charge is -2.29. The van der Waals surface area contributed by atoms with Gasteiger partial charge in [-0.15, -0.1) is 5.10 Å². The molecule has 0 unspecified atom stereocenters. The van der Waals surface area contributed by atoms with Gasteiger partial charge in [0.05, 0.1) is 29.5 Å². The van der Waals surface area contributed by atoms with Gasteiger partial charge in [-0.1, -0.05) is 18.1 Å². The molecule has 0 saturated heterocycles. The van der Waals surface area contributed by atoms with Gasteiger partial charge in [-0.05, 0) is 64.5 Å². The van der Waals surface area contributed by atoms with E-state index in [-0.39, 0.29) is 54.7 Å². The Kier molecular flexibility index (Phi) is 9.35. The molecule has 2 aromatic rings. The third kappa shape index (κ3) is 7.11. The monoisotopic (exact) mass is 565 g/mol. The molecule has 0 aliphatic heterocycles. The van der Waals surface area contributed by atoms with E-state index in [9.17, 15) is 22.8 Å². The Bertz CT molecular complexity index is 1190. The molecule has 0 radical (unpaired) electrons. The third-order valence-corrected chi connectivity index (χ3v) is 7.76. The molecular weight excluding hydrogens is 527 g/mol. The summed E-state index contributed by atoms with van der Waals surface area (Å²) in [5, 5.41) is 8.07. The number of hydrogen-bond donors (Lipinski definition) is 0. The van der Waals surface area contributed by atoms with Crippen LogP contribution >= 0.6 is 0 Å². The fourth-order valence-corrected chi connectivity index (χ4v) is 5.60. The first-order valence-electron chi connectivity index (χ1n) is 14.0. The largest absolute Gasteiger partial charge is 0.488 e. The molecule has 0 N–H and O–H groups in total. The SMILES string of the molecule is CC(C)OC(=O)[C@H]1CCC[C@H](Oc2ccc(-c3nnn(C)c3CCC(=O)N(C)C3CCCC3)nc2C(F)(F)F)C1. The van der Waals surface area contributed by atoms with Crippen molar-refractivity contribution < 1.29 is 32.2 Å². The lowest BCUT2D eigenvalue weighted by Crippen LogP contribution is -2.35. The van der Waals surface area contributed by atoms with E-state index in [1.807, 2.05) is 0 Å². The van der Waals surface area contributed by atoms with Gasteiger partial charge in [0.1, 0.15) is 5.69 Å². The van der Waals surface area contributed by atoms with Crippen molar-refractivity contribution >= 4 is 11.9 Å². The average molecular weight is 566 g/mol. The molecule has 2 aliphatic rings. The van der Waals surface area contributed by atoms with E-state index >= 15 is 0 Å². The van der Waals surface area contributed by atoms with E-state index in [4.69, 9.17) is 9.47 Å². The summed E-state index contributed by atoms with van der Waals surface area (Å²) in [6.07, 6.45) is 1.11. The van der Waals surface area contributed by atoms with E-state index in [1.54, 1.807) is 32.8 Å². The van der Waals surface area contributed by atoms with Gasteiger partial charge in [-0.25, -0.2) is 4.98 Å². The highest BCUT2D eigenvalue weighted by molar-refractivity contribution is 5.77. The molecule has 0 bridgehead atoms. The quantitative estimate of drug-likeness (QED) is 0.389. The highest BCUT2D eigenvalue weighted by Crippen LogP contribution is 2.39.